The van der Waals surface area contributed by atoms with E-state index in [0.717, 1.165) is 15.6 Å². The number of methoxy groups -OCH3 is 1. The highest BCUT2D eigenvalue weighted by molar-refractivity contribution is 9.10. The summed E-state index contributed by atoms with van der Waals surface area (Å²) in [6.45, 7) is 0. The molecule has 5 heteroatoms. The highest BCUT2D eigenvalue weighted by atomic mass is 79.9. The molecule has 0 aliphatic carbocycles. The lowest BCUT2D eigenvalue weighted by Crippen LogP contribution is -2.17. The third-order valence-corrected chi connectivity index (χ3v) is 4.60. The molecule has 0 radical (unpaired) electrons. The van der Waals surface area contributed by atoms with Crippen molar-refractivity contribution >= 4 is 39.1 Å². The Labute approximate surface area is 137 Å². The highest BCUT2D eigenvalue weighted by Crippen LogP contribution is 2.32. The van der Waals surface area contributed by atoms with E-state index in [4.69, 9.17) is 27.9 Å². The summed E-state index contributed by atoms with van der Waals surface area (Å²) in [4.78, 5) is 0. The fourth-order valence-electron chi connectivity index (χ4n) is 2.07. The fourth-order valence-corrected chi connectivity index (χ4v) is 2.78. The van der Waals surface area contributed by atoms with E-state index in [2.05, 4.69) is 21.2 Å². The first-order valence-electron chi connectivity index (χ1n) is 6.02. The van der Waals surface area contributed by atoms with Crippen molar-refractivity contribution in [2.75, 3.05) is 14.2 Å². The lowest BCUT2D eigenvalue weighted by Gasteiger charge is -2.19. The predicted molar refractivity (Wildman–Crippen MR) is 88.1 cm³/mol. The first-order valence-corrected chi connectivity index (χ1v) is 7.57. The molecule has 20 heavy (non-hydrogen) atoms. The Bertz CT molecular complexity index is 619. The molecule has 0 heterocycles. The van der Waals surface area contributed by atoms with Crippen LogP contribution >= 0.6 is 39.1 Å². The zero-order valence-corrected chi connectivity index (χ0v) is 14.2. The van der Waals surface area contributed by atoms with E-state index in [-0.39, 0.29) is 6.04 Å². The van der Waals surface area contributed by atoms with Gasteiger partial charge in [0.25, 0.3) is 0 Å². The molecule has 2 aromatic rings. The van der Waals surface area contributed by atoms with Crippen LogP contribution in [0.4, 0.5) is 0 Å². The summed E-state index contributed by atoms with van der Waals surface area (Å²) in [5.74, 6) is 0.664. The molecule has 2 nitrogen and oxygen atoms in total. The third-order valence-electron chi connectivity index (χ3n) is 3.07. The molecule has 0 aliphatic heterocycles. The van der Waals surface area contributed by atoms with Crippen LogP contribution < -0.4 is 10.1 Å². The van der Waals surface area contributed by atoms with E-state index in [9.17, 15) is 0 Å². The molecule has 0 saturated carbocycles. The molecule has 106 valence electrons. The van der Waals surface area contributed by atoms with Gasteiger partial charge in [-0.2, -0.15) is 0 Å². The molecular weight excluding hydrogens is 361 g/mol. The van der Waals surface area contributed by atoms with Gasteiger partial charge in [-0.25, -0.2) is 0 Å². The van der Waals surface area contributed by atoms with Crippen LogP contribution in [0.25, 0.3) is 0 Å². The number of halogens is 3. The Hall–Kier alpha value is -0.740. The number of hydrogen-bond acceptors (Lipinski definition) is 2. The summed E-state index contributed by atoms with van der Waals surface area (Å²) in [6.07, 6.45) is 0. The van der Waals surface area contributed by atoms with Gasteiger partial charge >= 0.3 is 0 Å². The van der Waals surface area contributed by atoms with Crippen molar-refractivity contribution in [3.63, 3.8) is 0 Å². The Morgan fingerprint density at radius 1 is 1.05 bits per heavy atom. The smallest absolute Gasteiger partial charge is 0.137 e. The minimum absolute atomic E-state index is 0.0368. The zero-order chi connectivity index (χ0) is 14.7. The Balaban J connectivity index is 2.43. The molecule has 0 bridgehead atoms. The lowest BCUT2D eigenvalue weighted by atomic mass is 9.99. The molecule has 2 aromatic carbocycles. The third kappa shape index (κ3) is 3.29. The highest BCUT2D eigenvalue weighted by Gasteiger charge is 2.15. The molecule has 2 rings (SSSR count). The monoisotopic (exact) mass is 373 g/mol. The average molecular weight is 375 g/mol. The molecule has 1 unspecified atom stereocenters. The maximum absolute atomic E-state index is 6.07. The van der Waals surface area contributed by atoms with Crippen LogP contribution in [0.3, 0.4) is 0 Å². The average Bonchev–Trinajstić information content (AvgIpc) is 2.45. The van der Waals surface area contributed by atoms with Crippen LogP contribution in [0.1, 0.15) is 17.2 Å². The van der Waals surface area contributed by atoms with Crippen molar-refractivity contribution in [3.8, 4) is 5.75 Å². The van der Waals surface area contributed by atoms with Crippen LogP contribution in [0.15, 0.2) is 40.9 Å². The number of ether oxygens (including phenoxy) is 1. The standard InChI is InChI=1S/C15H14BrCl2NO/c1-19-15(9-3-5-12(17)11(16)7-9)10-4-6-13(18)14(8-10)20-2/h3-8,15,19H,1-2H3. The fraction of sp³-hybridized carbons (Fsp3) is 0.200. The van der Waals surface area contributed by atoms with Gasteiger partial charge in [0, 0.05) is 4.47 Å². The molecule has 1 atom stereocenters. The second-order valence-corrected chi connectivity index (χ2v) is 5.96. The molecule has 0 aromatic heterocycles. The molecule has 0 spiro atoms. The largest absolute Gasteiger partial charge is 0.495 e. The van der Waals surface area contributed by atoms with Gasteiger partial charge in [-0.3, -0.25) is 0 Å². The van der Waals surface area contributed by atoms with Gasteiger partial charge in [-0.15, -0.1) is 0 Å². The Morgan fingerprint density at radius 3 is 2.20 bits per heavy atom. The molecule has 0 fully saturated rings. The van der Waals surface area contributed by atoms with E-state index < -0.39 is 0 Å². The Morgan fingerprint density at radius 2 is 1.65 bits per heavy atom. The summed E-state index contributed by atoms with van der Waals surface area (Å²) in [5.41, 5.74) is 2.18. The van der Waals surface area contributed by atoms with Crippen molar-refractivity contribution in [1.82, 2.24) is 5.32 Å². The van der Waals surface area contributed by atoms with Crippen LogP contribution in [0.2, 0.25) is 10.0 Å². The van der Waals surface area contributed by atoms with E-state index in [0.29, 0.717) is 15.8 Å². The van der Waals surface area contributed by atoms with Crippen molar-refractivity contribution in [2.24, 2.45) is 0 Å². The first kappa shape index (κ1) is 15.6. The van der Waals surface area contributed by atoms with Crippen LogP contribution in [0.5, 0.6) is 5.75 Å². The lowest BCUT2D eigenvalue weighted by molar-refractivity contribution is 0.414. The van der Waals surface area contributed by atoms with Crippen molar-refractivity contribution in [1.29, 1.82) is 0 Å². The van der Waals surface area contributed by atoms with Gasteiger partial charge in [-0.05, 0) is 58.4 Å². The van der Waals surface area contributed by atoms with Crippen LogP contribution in [0, 0.1) is 0 Å². The minimum atomic E-state index is 0.0368. The van der Waals surface area contributed by atoms with Gasteiger partial charge in [-0.1, -0.05) is 35.3 Å². The summed E-state index contributed by atoms with van der Waals surface area (Å²) >= 11 is 15.6. The maximum atomic E-state index is 6.07. The van der Waals surface area contributed by atoms with Gasteiger partial charge in [0.15, 0.2) is 0 Å². The molecule has 0 saturated heterocycles. The van der Waals surface area contributed by atoms with Crippen molar-refractivity contribution in [3.05, 3.63) is 62.0 Å². The van der Waals surface area contributed by atoms with E-state index >= 15 is 0 Å². The molecule has 0 aliphatic rings. The SMILES string of the molecule is CNC(c1ccc(Cl)c(Br)c1)c1ccc(Cl)c(OC)c1. The number of hydrogen-bond donors (Lipinski definition) is 1. The second-order valence-electron chi connectivity index (χ2n) is 4.29. The quantitative estimate of drug-likeness (QED) is 0.806. The van der Waals surface area contributed by atoms with Gasteiger partial charge in [0.1, 0.15) is 5.75 Å². The summed E-state index contributed by atoms with van der Waals surface area (Å²) in [7, 11) is 3.52. The van der Waals surface area contributed by atoms with E-state index in [1.807, 2.05) is 43.4 Å². The van der Waals surface area contributed by atoms with Crippen LogP contribution in [-0.2, 0) is 0 Å². The summed E-state index contributed by atoms with van der Waals surface area (Å²) in [5, 5.41) is 4.58. The van der Waals surface area contributed by atoms with Gasteiger partial charge in [0.2, 0.25) is 0 Å². The maximum Gasteiger partial charge on any atom is 0.137 e. The van der Waals surface area contributed by atoms with E-state index in [1.54, 1.807) is 7.11 Å². The molecular formula is C15H14BrCl2NO. The van der Waals surface area contributed by atoms with Crippen molar-refractivity contribution in [2.45, 2.75) is 6.04 Å². The second kappa shape index (κ2) is 6.81. The minimum Gasteiger partial charge on any atom is -0.495 e. The van der Waals surface area contributed by atoms with Gasteiger partial charge < -0.3 is 10.1 Å². The van der Waals surface area contributed by atoms with Gasteiger partial charge in [0.05, 0.1) is 23.2 Å². The molecule has 1 N–H and O–H groups in total. The van der Waals surface area contributed by atoms with E-state index in [1.165, 1.54) is 0 Å². The number of nitrogens with one attached hydrogen (secondary N) is 1. The number of benzene rings is 2. The van der Waals surface area contributed by atoms with Crippen LogP contribution in [-0.4, -0.2) is 14.2 Å². The predicted octanol–water partition coefficient (Wildman–Crippen LogP) is 5.07. The molecule has 0 amide bonds. The summed E-state index contributed by atoms with van der Waals surface area (Å²) < 4.78 is 6.14. The zero-order valence-electron chi connectivity index (χ0n) is 11.1. The Kier molecular flexibility index (Phi) is 5.33. The first-order chi connectivity index (χ1) is 9.56. The normalized spacial score (nSPS) is 12.2. The van der Waals surface area contributed by atoms with Crippen molar-refractivity contribution < 1.29 is 4.74 Å². The number of rotatable bonds is 4. The topological polar surface area (TPSA) is 21.3 Å². The summed E-state index contributed by atoms with van der Waals surface area (Å²) in [6, 6.07) is 11.7.